The fourth-order valence-corrected chi connectivity index (χ4v) is 3.28. The predicted octanol–water partition coefficient (Wildman–Crippen LogP) is 2.52. The Morgan fingerprint density at radius 2 is 2.00 bits per heavy atom. The van der Waals surface area contributed by atoms with Crippen LogP contribution in [-0.4, -0.2) is 51.1 Å². The second kappa shape index (κ2) is 7.51. The van der Waals surface area contributed by atoms with E-state index in [1.807, 2.05) is 4.90 Å². The Balaban J connectivity index is 1.60. The van der Waals surface area contributed by atoms with Crippen LogP contribution in [0.15, 0.2) is 12.3 Å². The van der Waals surface area contributed by atoms with E-state index in [0.717, 1.165) is 0 Å². The van der Waals surface area contributed by atoms with Crippen molar-refractivity contribution in [2.45, 2.75) is 25.8 Å². The Bertz CT molecular complexity index is 846. The van der Waals surface area contributed by atoms with Gasteiger partial charge in [-0.05, 0) is 25.8 Å². The SMILES string of the molecule is Cc1[nH]c(C(=O)NC2CCN(c3ccnc(C(=O)O)n3)CC2)c(Cl)c1Cl. The highest BCUT2D eigenvalue weighted by Crippen LogP contribution is 2.29. The maximum Gasteiger partial charge on any atom is 0.374 e. The van der Waals surface area contributed by atoms with Gasteiger partial charge in [-0.1, -0.05) is 23.2 Å². The van der Waals surface area contributed by atoms with Crippen molar-refractivity contribution in [2.75, 3.05) is 18.0 Å². The minimum atomic E-state index is -1.16. The van der Waals surface area contributed by atoms with Crippen molar-refractivity contribution < 1.29 is 14.7 Å². The summed E-state index contributed by atoms with van der Waals surface area (Å²) in [6, 6.07) is 1.66. The molecular weight excluding hydrogens is 381 g/mol. The summed E-state index contributed by atoms with van der Waals surface area (Å²) in [6.07, 6.45) is 2.82. The number of hydrogen-bond acceptors (Lipinski definition) is 5. The number of aromatic nitrogens is 3. The minimum Gasteiger partial charge on any atom is -0.475 e. The van der Waals surface area contributed by atoms with E-state index in [-0.39, 0.29) is 28.5 Å². The molecule has 0 bridgehead atoms. The van der Waals surface area contributed by atoms with Crippen LogP contribution in [0.25, 0.3) is 0 Å². The van der Waals surface area contributed by atoms with Crippen molar-refractivity contribution >= 4 is 40.9 Å². The average Bonchev–Trinajstić information content (AvgIpc) is 2.90. The van der Waals surface area contributed by atoms with Crippen molar-refractivity contribution in [1.82, 2.24) is 20.3 Å². The molecule has 0 radical (unpaired) electrons. The average molecular weight is 398 g/mol. The quantitative estimate of drug-likeness (QED) is 0.730. The van der Waals surface area contributed by atoms with Crippen LogP contribution in [0.3, 0.4) is 0 Å². The van der Waals surface area contributed by atoms with Gasteiger partial charge in [0, 0.05) is 31.0 Å². The second-order valence-electron chi connectivity index (χ2n) is 6.03. The zero-order valence-corrected chi connectivity index (χ0v) is 15.4. The number of carbonyl (C=O) groups is 2. The van der Waals surface area contributed by atoms with Crippen LogP contribution >= 0.6 is 23.2 Å². The van der Waals surface area contributed by atoms with Gasteiger partial charge in [-0.15, -0.1) is 0 Å². The third kappa shape index (κ3) is 3.76. The second-order valence-corrected chi connectivity index (χ2v) is 6.79. The van der Waals surface area contributed by atoms with E-state index >= 15 is 0 Å². The number of rotatable bonds is 4. The number of nitrogens with one attached hydrogen (secondary N) is 2. The van der Waals surface area contributed by atoms with Gasteiger partial charge in [0.1, 0.15) is 11.5 Å². The molecule has 0 atom stereocenters. The summed E-state index contributed by atoms with van der Waals surface area (Å²) in [7, 11) is 0. The molecule has 3 heterocycles. The van der Waals surface area contributed by atoms with E-state index in [9.17, 15) is 9.59 Å². The molecule has 8 nitrogen and oxygen atoms in total. The zero-order chi connectivity index (χ0) is 18.8. The summed E-state index contributed by atoms with van der Waals surface area (Å²) >= 11 is 12.1. The summed E-state index contributed by atoms with van der Waals surface area (Å²) in [5, 5.41) is 12.5. The maximum atomic E-state index is 12.4. The first-order valence-corrected chi connectivity index (χ1v) is 8.78. The number of aryl methyl sites for hydroxylation is 1. The zero-order valence-electron chi connectivity index (χ0n) is 13.9. The van der Waals surface area contributed by atoms with Gasteiger partial charge in [0.2, 0.25) is 5.82 Å². The van der Waals surface area contributed by atoms with Crippen LogP contribution in [0.5, 0.6) is 0 Å². The summed E-state index contributed by atoms with van der Waals surface area (Å²) in [6.45, 7) is 3.02. The number of aromatic carboxylic acids is 1. The topological polar surface area (TPSA) is 111 Å². The van der Waals surface area contributed by atoms with Gasteiger partial charge in [0.15, 0.2) is 0 Å². The number of aromatic amines is 1. The van der Waals surface area contributed by atoms with Gasteiger partial charge in [0.25, 0.3) is 5.91 Å². The van der Waals surface area contributed by atoms with Crippen LogP contribution in [0.4, 0.5) is 5.82 Å². The van der Waals surface area contributed by atoms with Crippen LogP contribution in [0.2, 0.25) is 10.0 Å². The molecule has 138 valence electrons. The lowest BCUT2D eigenvalue weighted by Gasteiger charge is -2.33. The van der Waals surface area contributed by atoms with E-state index in [4.69, 9.17) is 28.3 Å². The van der Waals surface area contributed by atoms with Gasteiger partial charge >= 0.3 is 5.97 Å². The summed E-state index contributed by atoms with van der Waals surface area (Å²) in [4.78, 5) is 36.0. The molecule has 1 fully saturated rings. The third-order valence-electron chi connectivity index (χ3n) is 4.27. The Hall–Kier alpha value is -2.32. The lowest BCUT2D eigenvalue weighted by molar-refractivity contribution is 0.0683. The maximum absolute atomic E-state index is 12.4. The molecule has 26 heavy (non-hydrogen) atoms. The molecule has 10 heteroatoms. The molecule has 2 aromatic heterocycles. The van der Waals surface area contributed by atoms with E-state index < -0.39 is 5.97 Å². The predicted molar refractivity (Wildman–Crippen MR) is 97.2 cm³/mol. The third-order valence-corrected chi connectivity index (χ3v) is 5.21. The molecule has 1 amide bonds. The van der Waals surface area contributed by atoms with Crippen LogP contribution in [-0.2, 0) is 0 Å². The first-order valence-electron chi connectivity index (χ1n) is 8.02. The highest BCUT2D eigenvalue weighted by molar-refractivity contribution is 6.44. The van der Waals surface area contributed by atoms with Gasteiger partial charge in [0.05, 0.1) is 10.0 Å². The number of hydrogen-bond donors (Lipinski definition) is 3. The number of halogens is 2. The van der Waals surface area contributed by atoms with E-state index in [0.29, 0.717) is 42.5 Å². The van der Waals surface area contributed by atoms with E-state index in [1.54, 1.807) is 13.0 Å². The number of nitrogens with zero attached hydrogens (tertiary/aromatic N) is 3. The number of anilines is 1. The Kier molecular flexibility index (Phi) is 5.33. The normalized spacial score (nSPS) is 15.1. The number of piperidine rings is 1. The molecule has 0 aromatic carbocycles. The molecular formula is C16H17Cl2N5O3. The van der Waals surface area contributed by atoms with E-state index in [1.165, 1.54) is 6.20 Å². The molecule has 0 unspecified atom stereocenters. The Morgan fingerprint density at radius 1 is 1.31 bits per heavy atom. The summed E-state index contributed by atoms with van der Waals surface area (Å²) in [5.74, 6) is -1.12. The highest BCUT2D eigenvalue weighted by atomic mass is 35.5. The molecule has 3 N–H and O–H groups in total. The lowest BCUT2D eigenvalue weighted by Crippen LogP contribution is -2.45. The van der Waals surface area contributed by atoms with Crippen LogP contribution in [0.1, 0.15) is 39.6 Å². The van der Waals surface area contributed by atoms with Crippen LogP contribution < -0.4 is 10.2 Å². The van der Waals surface area contributed by atoms with Gasteiger partial charge in [-0.2, -0.15) is 0 Å². The molecule has 1 saturated heterocycles. The number of H-pyrrole nitrogens is 1. The lowest BCUT2D eigenvalue weighted by atomic mass is 10.0. The number of amides is 1. The minimum absolute atomic E-state index is 0.0158. The van der Waals surface area contributed by atoms with Crippen molar-refractivity contribution in [2.24, 2.45) is 0 Å². The molecule has 0 saturated carbocycles. The van der Waals surface area contributed by atoms with Crippen molar-refractivity contribution in [3.05, 3.63) is 39.5 Å². The van der Waals surface area contributed by atoms with Crippen molar-refractivity contribution in [3.63, 3.8) is 0 Å². The largest absolute Gasteiger partial charge is 0.475 e. The highest BCUT2D eigenvalue weighted by Gasteiger charge is 2.25. The first-order chi connectivity index (χ1) is 12.4. The summed E-state index contributed by atoms with van der Waals surface area (Å²) in [5.41, 5.74) is 0.910. The van der Waals surface area contributed by atoms with Crippen LogP contribution in [0, 0.1) is 6.92 Å². The smallest absolute Gasteiger partial charge is 0.374 e. The van der Waals surface area contributed by atoms with Gasteiger partial charge in [-0.3, -0.25) is 4.79 Å². The summed E-state index contributed by atoms with van der Waals surface area (Å²) < 4.78 is 0. The Morgan fingerprint density at radius 3 is 2.58 bits per heavy atom. The monoisotopic (exact) mass is 397 g/mol. The molecule has 1 aliphatic heterocycles. The van der Waals surface area contributed by atoms with Gasteiger partial charge < -0.3 is 20.3 Å². The number of carboxylic acid groups (broad SMARTS) is 1. The molecule has 0 aliphatic carbocycles. The number of carboxylic acids is 1. The fraction of sp³-hybridized carbons (Fsp3) is 0.375. The van der Waals surface area contributed by atoms with Crippen molar-refractivity contribution in [1.29, 1.82) is 0 Å². The fourth-order valence-electron chi connectivity index (χ4n) is 2.87. The van der Waals surface area contributed by atoms with Gasteiger partial charge in [-0.25, -0.2) is 14.8 Å². The first kappa shape index (κ1) is 18.5. The van der Waals surface area contributed by atoms with Crippen molar-refractivity contribution in [3.8, 4) is 0 Å². The Labute approximate surface area is 159 Å². The molecule has 3 rings (SSSR count). The molecule has 1 aliphatic rings. The molecule has 0 spiro atoms. The number of carbonyl (C=O) groups excluding carboxylic acids is 1. The standard InChI is InChI=1S/C16H17Cl2N5O3/c1-8-11(17)12(18)13(20-8)15(24)21-9-3-6-23(7-4-9)10-2-5-19-14(22-10)16(25)26/h2,5,9,20H,3-4,6-7H2,1H3,(H,21,24)(H,25,26). The molecule has 2 aromatic rings. The van der Waals surface area contributed by atoms with E-state index in [2.05, 4.69) is 20.3 Å².